The van der Waals surface area contributed by atoms with E-state index in [4.69, 9.17) is 10.5 Å². The smallest absolute Gasteiger partial charge is 0.325 e. The van der Waals surface area contributed by atoms with Crippen LogP contribution in [0.3, 0.4) is 0 Å². The van der Waals surface area contributed by atoms with Gasteiger partial charge in [0.15, 0.2) is 0 Å². The molecule has 1 fully saturated rings. The maximum Gasteiger partial charge on any atom is 0.325 e. The van der Waals surface area contributed by atoms with E-state index in [-0.39, 0.29) is 18.1 Å². The molecule has 0 bridgehead atoms. The molecular formula is C21H31NO3. The van der Waals surface area contributed by atoms with Crippen molar-refractivity contribution < 1.29 is 14.6 Å². The van der Waals surface area contributed by atoms with E-state index in [0.29, 0.717) is 23.5 Å². The maximum atomic E-state index is 11.4. The summed E-state index contributed by atoms with van der Waals surface area (Å²) in [6.45, 7) is 6.43. The normalized spacial score (nSPS) is 32.4. The quantitative estimate of drug-likeness (QED) is 0.648. The largest absolute Gasteiger partial charge is 0.426 e. The molecule has 1 aromatic carbocycles. The first-order valence-corrected chi connectivity index (χ1v) is 9.64. The molecule has 3 rings (SSSR count). The molecule has 1 saturated carbocycles. The lowest BCUT2D eigenvalue weighted by molar-refractivity contribution is -0.132. The molecule has 0 amide bonds. The van der Waals surface area contributed by atoms with E-state index >= 15 is 0 Å². The Bertz CT molecular complexity index is 642. The molecular weight excluding hydrogens is 314 g/mol. The van der Waals surface area contributed by atoms with Gasteiger partial charge in [-0.2, -0.15) is 0 Å². The number of hydrogen-bond acceptors (Lipinski definition) is 4. The van der Waals surface area contributed by atoms with Crippen molar-refractivity contribution in [1.29, 1.82) is 0 Å². The second-order valence-electron chi connectivity index (χ2n) is 7.94. The Balaban J connectivity index is 1.85. The third-order valence-electron chi connectivity index (χ3n) is 7.14. The van der Waals surface area contributed by atoms with E-state index in [1.165, 1.54) is 11.1 Å². The number of fused-ring (bicyclic) bond motifs is 3. The molecule has 25 heavy (non-hydrogen) atoms. The van der Waals surface area contributed by atoms with Crippen molar-refractivity contribution in [2.75, 3.05) is 6.54 Å². The number of esters is 1. The maximum absolute atomic E-state index is 11.4. The molecule has 4 heteroatoms. The van der Waals surface area contributed by atoms with E-state index in [9.17, 15) is 9.90 Å². The summed E-state index contributed by atoms with van der Waals surface area (Å²) in [5, 5.41) is 10.5. The predicted molar refractivity (Wildman–Crippen MR) is 98.5 cm³/mol. The van der Waals surface area contributed by atoms with Crippen molar-refractivity contribution in [3.63, 3.8) is 0 Å². The average Bonchev–Trinajstić information content (AvgIpc) is 2.61. The lowest BCUT2D eigenvalue weighted by Gasteiger charge is -2.53. The van der Waals surface area contributed by atoms with Crippen LogP contribution >= 0.6 is 0 Å². The van der Waals surface area contributed by atoms with Gasteiger partial charge in [-0.25, -0.2) is 0 Å². The van der Waals surface area contributed by atoms with E-state index in [0.717, 1.165) is 32.1 Å². The number of benzene rings is 1. The number of rotatable bonds is 4. The van der Waals surface area contributed by atoms with Crippen LogP contribution in [-0.2, 0) is 11.2 Å². The molecule has 0 saturated heterocycles. The first-order chi connectivity index (χ1) is 11.9. The van der Waals surface area contributed by atoms with Gasteiger partial charge >= 0.3 is 5.97 Å². The lowest BCUT2D eigenvalue weighted by Crippen LogP contribution is -2.48. The van der Waals surface area contributed by atoms with Crippen LogP contribution in [0.1, 0.15) is 63.5 Å². The highest BCUT2D eigenvalue weighted by Crippen LogP contribution is 2.57. The second kappa shape index (κ2) is 7.08. The minimum atomic E-state index is -0.399. The van der Waals surface area contributed by atoms with Crippen LogP contribution in [-0.4, -0.2) is 23.7 Å². The fourth-order valence-electron chi connectivity index (χ4n) is 5.58. The predicted octanol–water partition coefficient (Wildman–Crippen LogP) is 3.40. The van der Waals surface area contributed by atoms with Crippen molar-refractivity contribution in [2.45, 2.75) is 64.9 Å². The third kappa shape index (κ3) is 3.11. The highest BCUT2D eigenvalue weighted by molar-refractivity contribution is 5.74. The zero-order chi connectivity index (χ0) is 18.2. The minimum absolute atomic E-state index is 0.0509. The standard InChI is InChI=1S/C21H31NO3/c1-4-21(14(3)23)10-9-19-17(13(21)2)7-5-15-11-16(6-8-18(15)19)25-20(24)12-22/h6,8,11,13-14,17,19,23H,4-5,7,9-10,12,22H2,1-3H3. The van der Waals surface area contributed by atoms with Gasteiger partial charge in [-0.15, -0.1) is 0 Å². The fraction of sp³-hybridized carbons (Fsp3) is 0.667. The molecule has 0 spiro atoms. The van der Waals surface area contributed by atoms with Gasteiger partial charge in [0.2, 0.25) is 0 Å². The third-order valence-corrected chi connectivity index (χ3v) is 7.14. The Kier molecular flexibility index (Phi) is 5.21. The Morgan fingerprint density at radius 2 is 2.20 bits per heavy atom. The summed E-state index contributed by atoms with van der Waals surface area (Å²) in [4.78, 5) is 11.4. The first-order valence-electron chi connectivity index (χ1n) is 9.64. The first kappa shape index (κ1) is 18.4. The minimum Gasteiger partial charge on any atom is -0.426 e. The van der Waals surface area contributed by atoms with Gasteiger partial charge in [0.1, 0.15) is 5.75 Å². The van der Waals surface area contributed by atoms with Gasteiger partial charge in [-0.05, 0) is 85.5 Å². The molecule has 2 aliphatic rings. The van der Waals surface area contributed by atoms with Crippen molar-refractivity contribution in [2.24, 2.45) is 23.0 Å². The Hall–Kier alpha value is -1.39. The van der Waals surface area contributed by atoms with E-state index in [1.807, 2.05) is 19.1 Å². The molecule has 4 nitrogen and oxygen atoms in total. The number of carbonyl (C=O) groups is 1. The van der Waals surface area contributed by atoms with Crippen LogP contribution in [0.4, 0.5) is 0 Å². The summed E-state index contributed by atoms with van der Waals surface area (Å²) in [5.41, 5.74) is 8.09. The van der Waals surface area contributed by atoms with Crippen LogP contribution in [0, 0.1) is 17.3 Å². The molecule has 0 aromatic heterocycles. The van der Waals surface area contributed by atoms with Gasteiger partial charge in [-0.1, -0.05) is 19.9 Å². The lowest BCUT2D eigenvalue weighted by atomic mass is 9.52. The van der Waals surface area contributed by atoms with Crippen molar-refractivity contribution >= 4 is 5.97 Å². The Labute approximate surface area is 150 Å². The van der Waals surface area contributed by atoms with Gasteiger partial charge in [0.05, 0.1) is 12.6 Å². The summed E-state index contributed by atoms with van der Waals surface area (Å²) < 4.78 is 5.27. The van der Waals surface area contributed by atoms with Gasteiger partial charge in [0, 0.05) is 0 Å². The summed E-state index contributed by atoms with van der Waals surface area (Å²) in [6.07, 6.45) is 5.13. The summed E-state index contributed by atoms with van der Waals surface area (Å²) in [5.74, 6) is 1.89. The zero-order valence-corrected chi connectivity index (χ0v) is 15.6. The van der Waals surface area contributed by atoms with Crippen molar-refractivity contribution in [3.05, 3.63) is 29.3 Å². The number of aliphatic hydroxyl groups is 1. The second-order valence-corrected chi connectivity index (χ2v) is 7.94. The summed E-state index contributed by atoms with van der Waals surface area (Å²) in [6, 6.07) is 6.05. The monoisotopic (exact) mass is 345 g/mol. The Morgan fingerprint density at radius 1 is 1.44 bits per heavy atom. The number of aliphatic hydroxyl groups excluding tert-OH is 1. The molecule has 1 aromatic rings. The van der Waals surface area contributed by atoms with E-state index < -0.39 is 5.97 Å². The van der Waals surface area contributed by atoms with Crippen molar-refractivity contribution in [1.82, 2.24) is 0 Å². The molecule has 3 N–H and O–H groups in total. The molecule has 5 unspecified atom stereocenters. The molecule has 138 valence electrons. The molecule has 2 aliphatic carbocycles. The zero-order valence-electron chi connectivity index (χ0n) is 15.6. The van der Waals surface area contributed by atoms with E-state index in [1.54, 1.807) is 0 Å². The van der Waals surface area contributed by atoms with Crippen LogP contribution in [0.25, 0.3) is 0 Å². The van der Waals surface area contributed by atoms with E-state index in [2.05, 4.69) is 19.9 Å². The SMILES string of the molecule is CCC1(C(C)O)CCC2c3ccc(OC(=O)CN)cc3CCC2C1C. The highest BCUT2D eigenvalue weighted by atomic mass is 16.5. The molecule has 0 radical (unpaired) electrons. The average molecular weight is 345 g/mol. The van der Waals surface area contributed by atoms with Crippen LogP contribution in [0.2, 0.25) is 0 Å². The summed E-state index contributed by atoms with van der Waals surface area (Å²) in [7, 11) is 0. The molecule has 5 atom stereocenters. The summed E-state index contributed by atoms with van der Waals surface area (Å²) >= 11 is 0. The van der Waals surface area contributed by atoms with Crippen LogP contribution in [0.5, 0.6) is 5.75 Å². The number of nitrogens with two attached hydrogens (primary N) is 1. The van der Waals surface area contributed by atoms with Gasteiger partial charge in [-0.3, -0.25) is 4.79 Å². The topological polar surface area (TPSA) is 72.5 Å². The van der Waals surface area contributed by atoms with Crippen LogP contribution < -0.4 is 10.5 Å². The molecule has 0 heterocycles. The van der Waals surface area contributed by atoms with Crippen molar-refractivity contribution in [3.8, 4) is 5.75 Å². The fourth-order valence-corrected chi connectivity index (χ4v) is 5.58. The van der Waals surface area contributed by atoms with Gasteiger partial charge in [0.25, 0.3) is 0 Å². The van der Waals surface area contributed by atoms with Crippen LogP contribution in [0.15, 0.2) is 18.2 Å². The number of carbonyl (C=O) groups excluding carboxylic acids is 1. The number of aryl methyl sites for hydroxylation is 1. The highest BCUT2D eigenvalue weighted by Gasteiger charge is 2.49. The number of hydrogen-bond donors (Lipinski definition) is 2. The number of ether oxygens (including phenoxy) is 1. The van der Waals surface area contributed by atoms with Gasteiger partial charge < -0.3 is 15.6 Å². The Morgan fingerprint density at radius 3 is 2.84 bits per heavy atom. The molecule has 0 aliphatic heterocycles.